The van der Waals surface area contributed by atoms with E-state index in [2.05, 4.69) is 10.6 Å². The van der Waals surface area contributed by atoms with Crippen LogP contribution in [0.5, 0.6) is 5.75 Å². The van der Waals surface area contributed by atoms with Crippen molar-refractivity contribution in [1.29, 1.82) is 0 Å². The first-order valence-electron chi connectivity index (χ1n) is 6.91. The van der Waals surface area contributed by atoms with Gasteiger partial charge in [-0.1, -0.05) is 0 Å². The number of benzene rings is 1. The van der Waals surface area contributed by atoms with Crippen LogP contribution in [0.25, 0.3) is 0 Å². The van der Waals surface area contributed by atoms with Gasteiger partial charge < -0.3 is 15.4 Å². The highest BCUT2D eigenvalue weighted by Crippen LogP contribution is 2.26. The highest BCUT2D eigenvalue weighted by molar-refractivity contribution is 5.84. The molecule has 1 fully saturated rings. The van der Waals surface area contributed by atoms with Gasteiger partial charge in [0.1, 0.15) is 11.6 Å². The van der Waals surface area contributed by atoms with E-state index in [0.717, 1.165) is 0 Å². The highest BCUT2D eigenvalue weighted by atomic mass is 19.1. The van der Waals surface area contributed by atoms with Gasteiger partial charge in [0.2, 0.25) is 11.8 Å². The summed E-state index contributed by atoms with van der Waals surface area (Å²) in [5.41, 5.74) is 0.589. The minimum Gasteiger partial charge on any atom is -0.496 e. The molecule has 0 aliphatic carbocycles. The lowest BCUT2D eigenvalue weighted by atomic mass is 9.97. The zero-order valence-corrected chi connectivity index (χ0v) is 12.1. The van der Waals surface area contributed by atoms with E-state index < -0.39 is 0 Å². The molecule has 0 radical (unpaired) electrons. The number of halogens is 1. The van der Waals surface area contributed by atoms with Crippen LogP contribution in [0, 0.1) is 11.7 Å². The van der Waals surface area contributed by atoms with Gasteiger partial charge in [-0.2, -0.15) is 0 Å². The van der Waals surface area contributed by atoms with E-state index in [1.165, 1.54) is 25.3 Å². The molecule has 1 heterocycles. The van der Waals surface area contributed by atoms with Crippen molar-refractivity contribution in [3.63, 3.8) is 0 Å². The van der Waals surface area contributed by atoms with Crippen molar-refractivity contribution in [3.05, 3.63) is 29.6 Å². The first-order chi connectivity index (χ1) is 10.0. The Labute approximate surface area is 122 Å². The maximum atomic E-state index is 13.4. The summed E-state index contributed by atoms with van der Waals surface area (Å²) < 4.78 is 18.6. The maximum absolute atomic E-state index is 13.4. The molecule has 114 valence electrons. The Morgan fingerprint density at radius 1 is 1.52 bits per heavy atom. The Morgan fingerprint density at radius 2 is 2.29 bits per heavy atom. The number of nitrogens with one attached hydrogen (secondary N) is 2. The van der Waals surface area contributed by atoms with Crippen LogP contribution < -0.4 is 15.4 Å². The third kappa shape index (κ3) is 3.71. The van der Waals surface area contributed by atoms with Crippen molar-refractivity contribution in [2.75, 3.05) is 13.7 Å². The number of rotatable bonds is 4. The second-order valence-corrected chi connectivity index (χ2v) is 5.16. The summed E-state index contributed by atoms with van der Waals surface area (Å²) in [5, 5.41) is 5.52. The lowest BCUT2D eigenvalue weighted by Gasteiger charge is -2.24. The maximum Gasteiger partial charge on any atom is 0.225 e. The number of ether oxygens (including phenoxy) is 1. The second-order valence-electron chi connectivity index (χ2n) is 5.16. The fraction of sp³-hybridized carbons (Fsp3) is 0.467. The van der Waals surface area contributed by atoms with Gasteiger partial charge in [0.05, 0.1) is 19.1 Å². The molecule has 0 aromatic heterocycles. The lowest BCUT2D eigenvalue weighted by molar-refractivity contribution is -0.129. The number of piperidine rings is 1. The molecule has 0 saturated carbocycles. The molecule has 0 bridgehead atoms. The number of hydrogen-bond acceptors (Lipinski definition) is 3. The first kappa shape index (κ1) is 15.3. The van der Waals surface area contributed by atoms with Crippen molar-refractivity contribution >= 4 is 11.8 Å². The minimum absolute atomic E-state index is 0.0288. The molecule has 2 unspecified atom stereocenters. The zero-order valence-electron chi connectivity index (χ0n) is 12.1. The molecular formula is C15H19FN2O3. The number of hydrogen-bond donors (Lipinski definition) is 2. The summed E-state index contributed by atoms with van der Waals surface area (Å²) >= 11 is 0. The number of amides is 2. The van der Waals surface area contributed by atoms with Gasteiger partial charge in [-0.05, 0) is 31.5 Å². The number of carbonyl (C=O) groups is 2. The number of carbonyl (C=O) groups excluding carboxylic acids is 2. The number of methoxy groups -OCH3 is 1. The molecule has 1 aliphatic rings. The molecule has 1 saturated heterocycles. The van der Waals surface area contributed by atoms with Crippen molar-refractivity contribution < 1.29 is 18.7 Å². The summed E-state index contributed by atoms with van der Waals surface area (Å²) in [5.74, 6) is -0.268. The molecule has 2 N–H and O–H groups in total. The van der Waals surface area contributed by atoms with Gasteiger partial charge in [-0.15, -0.1) is 0 Å². The van der Waals surface area contributed by atoms with E-state index in [1.54, 1.807) is 6.92 Å². The van der Waals surface area contributed by atoms with Crippen LogP contribution in [-0.4, -0.2) is 25.5 Å². The summed E-state index contributed by atoms with van der Waals surface area (Å²) in [6.45, 7) is 2.12. The van der Waals surface area contributed by atoms with E-state index in [-0.39, 0.29) is 29.6 Å². The molecule has 6 heteroatoms. The van der Waals surface area contributed by atoms with Crippen molar-refractivity contribution in [2.45, 2.75) is 25.8 Å². The Hall–Kier alpha value is -2.11. The SMILES string of the molecule is COc1ccc(F)cc1C(C)NC(=O)C1CCC(=O)NC1. The van der Waals surface area contributed by atoms with Crippen molar-refractivity contribution in [2.24, 2.45) is 5.92 Å². The fourth-order valence-electron chi connectivity index (χ4n) is 2.41. The van der Waals surface area contributed by atoms with Gasteiger partial charge in [0.15, 0.2) is 0 Å². The predicted octanol–water partition coefficient (Wildman–Crippen LogP) is 1.54. The molecule has 1 aromatic rings. The topological polar surface area (TPSA) is 67.4 Å². The fourth-order valence-corrected chi connectivity index (χ4v) is 2.41. The lowest BCUT2D eigenvalue weighted by Crippen LogP contribution is -2.43. The molecule has 1 aliphatic heterocycles. The average molecular weight is 294 g/mol. The summed E-state index contributed by atoms with van der Waals surface area (Å²) in [6, 6.07) is 3.83. The van der Waals surface area contributed by atoms with E-state index in [4.69, 9.17) is 4.74 Å². The van der Waals surface area contributed by atoms with Gasteiger partial charge in [0, 0.05) is 18.5 Å². The Kier molecular flexibility index (Phi) is 4.77. The molecule has 2 atom stereocenters. The normalized spacial score (nSPS) is 19.6. The smallest absolute Gasteiger partial charge is 0.225 e. The molecule has 2 rings (SSSR count). The second kappa shape index (κ2) is 6.56. The molecular weight excluding hydrogens is 275 g/mol. The van der Waals surface area contributed by atoms with Crippen LogP contribution in [-0.2, 0) is 9.59 Å². The Bertz CT molecular complexity index is 538. The van der Waals surface area contributed by atoms with Crippen LogP contribution in [0.3, 0.4) is 0 Å². The molecule has 2 amide bonds. The van der Waals surface area contributed by atoms with E-state index >= 15 is 0 Å². The Morgan fingerprint density at radius 3 is 2.90 bits per heavy atom. The molecule has 21 heavy (non-hydrogen) atoms. The summed E-state index contributed by atoms with van der Waals surface area (Å²) in [6.07, 6.45) is 0.889. The highest BCUT2D eigenvalue weighted by Gasteiger charge is 2.26. The van der Waals surface area contributed by atoms with Crippen LogP contribution in [0.4, 0.5) is 4.39 Å². The summed E-state index contributed by atoms with van der Waals surface area (Å²) in [7, 11) is 1.50. The molecule has 1 aromatic carbocycles. The quantitative estimate of drug-likeness (QED) is 0.885. The van der Waals surface area contributed by atoms with E-state index in [1.807, 2.05) is 0 Å². The van der Waals surface area contributed by atoms with Crippen molar-refractivity contribution in [3.8, 4) is 5.75 Å². The molecule has 5 nitrogen and oxygen atoms in total. The van der Waals surface area contributed by atoms with Gasteiger partial charge in [0.25, 0.3) is 0 Å². The van der Waals surface area contributed by atoms with Crippen LogP contribution >= 0.6 is 0 Å². The van der Waals surface area contributed by atoms with Crippen LogP contribution in [0.2, 0.25) is 0 Å². The van der Waals surface area contributed by atoms with Crippen LogP contribution in [0.15, 0.2) is 18.2 Å². The van der Waals surface area contributed by atoms with Crippen molar-refractivity contribution in [1.82, 2.24) is 10.6 Å². The third-order valence-electron chi connectivity index (χ3n) is 3.65. The van der Waals surface area contributed by atoms with Gasteiger partial charge in [-0.3, -0.25) is 9.59 Å². The average Bonchev–Trinajstić information content (AvgIpc) is 2.47. The van der Waals surface area contributed by atoms with E-state index in [0.29, 0.717) is 30.7 Å². The van der Waals surface area contributed by atoms with Crippen LogP contribution in [0.1, 0.15) is 31.4 Å². The van der Waals surface area contributed by atoms with Gasteiger partial charge >= 0.3 is 0 Å². The third-order valence-corrected chi connectivity index (χ3v) is 3.65. The standard InChI is InChI=1S/C15H19FN2O3/c1-9(12-7-11(16)4-5-13(12)21-2)18-15(20)10-3-6-14(19)17-8-10/h4-5,7,9-10H,3,6,8H2,1-2H3,(H,17,19)(H,18,20). The van der Waals surface area contributed by atoms with Gasteiger partial charge in [-0.25, -0.2) is 4.39 Å². The summed E-state index contributed by atoms with van der Waals surface area (Å²) in [4.78, 5) is 23.3. The Balaban J connectivity index is 2.03. The zero-order chi connectivity index (χ0) is 15.4. The molecule has 0 spiro atoms. The first-order valence-corrected chi connectivity index (χ1v) is 6.91. The largest absolute Gasteiger partial charge is 0.496 e. The predicted molar refractivity (Wildman–Crippen MR) is 75.2 cm³/mol. The van der Waals surface area contributed by atoms with E-state index in [9.17, 15) is 14.0 Å². The monoisotopic (exact) mass is 294 g/mol. The minimum atomic E-state index is -0.378.